The van der Waals surface area contributed by atoms with Gasteiger partial charge in [0.15, 0.2) is 0 Å². The number of alkyl halides is 3. The van der Waals surface area contributed by atoms with Crippen molar-refractivity contribution in [1.82, 2.24) is 14.5 Å². The lowest BCUT2D eigenvalue weighted by Crippen LogP contribution is -2.23. The number of rotatable bonds is 5. The summed E-state index contributed by atoms with van der Waals surface area (Å²) >= 11 is 0. The van der Waals surface area contributed by atoms with Gasteiger partial charge in [0.05, 0.1) is 42.6 Å². The number of hydrogen-bond acceptors (Lipinski definition) is 5. The number of pyridine rings is 1. The lowest BCUT2D eigenvalue weighted by molar-refractivity contribution is -0.138. The molecule has 3 heterocycles. The third-order valence-electron chi connectivity index (χ3n) is 6.48. The standard InChI is InChI=1S/C28H26F3N5O/c1-18-16-36(17-33-18)24-13-11-20(34-27(24)37-2)12-14-25-32-15-19-7-3-4-9-22(26(19)35-25)21-8-5-6-10-23(21)28(29,30)31/h5-8,10-14,16-17,22H,3-4,9,15H2,1-2H3/b14-12+/t22-/m0/s1. The van der Waals surface area contributed by atoms with Crippen LogP contribution < -0.4 is 4.74 Å². The molecule has 0 fully saturated rings. The zero-order chi connectivity index (χ0) is 26.0. The smallest absolute Gasteiger partial charge is 0.416 e. The largest absolute Gasteiger partial charge is 0.479 e. The molecule has 0 radical (unpaired) electrons. The number of amidine groups is 1. The second-order valence-corrected chi connectivity index (χ2v) is 8.99. The molecule has 0 bridgehead atoms. The molecule has 0 saturated heterocycles. The molecule has 2 aromatic heterocycles. The van der Waals surface area contributed by atoms with Gasteiger partial charge in [-0.3, -0.25) is 4.99 Å². The molecule has 0 N–H and O–H groups in total. The van der Waals surface area contributed by atoms with Crippen LogP contribution in [0.15, 0.2) is 76.6 Å². The van der Waals surface area contributed by atoms with E-state index in [-0.39, 0.29) is 5.56 Å². The molecule has 0 saturated carbocycles. The Morgan fingerprint density at radius 1 is 1.11 bits per heavy atom. The molecule has 0 spiro atoms. The average molecular weight is 506 g/mol. The van der Waals surface area contributed by atoms with Gasteiger partial charge in [0.25, 0.3) is 0 Å². The second kappa shape index (κ2) is 10.2. The zero-order valence-corrected chi connectivity index (χ0v) is 20.5. The van der Waals surface area contributed by atoms with E-state index >= 15 is 0 Å². The topological polar surface area (TPSA) is 64.7 Å². The van der Waals surface area contributed by atoms with E-state index in [1.54, 1.807) is 37.7 Å². The number of halogens is 3. The highest BCUT2D eigenvalue weighted by Crippen LogP contribution is 2.40. The van der Waals surface area contributed by atoms with Crippen LogP contribution in [0.3, 0.4) is 0 Å². The molecular weight excluding hydrogens is 479 g/mol. The van der Waals surface area contributed by atoms with Crippen molar-refractivity contribution in [3.63, 3.8) is 0 Å². The number of aryl methyl sites for hydroxylation is 1. The van der Waals surface area contributed by atoms with Gasteiger partial charge in [-0.1, -0.05) is 24.3 Å². The van der Waals surface area contributed by atoms with Crippen LogP contribution in [0.5, 0.6) is 5.88 Å². The molecular formula is C28H26F3N5O. The Morgan fingerprint density at radius 2 is 1.95 bits per heavy atom. The Labute approximate surface area is 213 Å². The molecule has 2 aliphatic rings. The summed E-state index contributed by atoms with van der Waals surface area (Å²) in [5.41, 5.74) is 3.51. The number of methoxy groups -OCH3 is 1. The first-order valence-corrected chi connectivity index (χ1v) is 12.1. The molecule has 0 unspecified atom stereocenters. The van der Waals surface area contributed by atoms with Gasteiger partial charge in [-0.2, -0.15) is 13.2 Å². The van der Waals surface area contributed by atoms with Crippen molar-refractivity contribution in [2.45, 2.75) is 38.3 Å². The zero-order valence-electron chi connectivity index (χ0n) is 20.5. The minimum Gasteiger partial charge on any atom is -0.479 e. The monoisotopic (exact) mass is 505 g/mol. The van der Waals surface area contributed by atoms with Crippen molar-refractivity contribution in [2.75, 3.05) is 13.7 Å². The fourth-order valence-corrected chi connectivity index (χ4v) is 4.74. The summed E-state index contributed by atoms with van der Waals surface area (Å²) in [4.78, 5) is 18.1. The molecule has 1 atom stereocenters. The minimum absolute atomic E-state index is 0.267. The van der Waals surface area contributed by atoms with E-state index in [0.717, 1.165) is 35.9 Å². The van der Waals surface area contributed by atoms with Crippen LogP contribution in [-0.4, -0.2) is 39.7 Å². The van der Waals surface area contributed by atoms with Gasteiger partial charge in [0.1, 0.15) is 11.5 Å². The number of allylic oxidation sites excluding steroid dienone is 1. The fraction of sp³-hybridized carbons (Fsp3) is 0.286. The van der Waals surface area contributed by atoms with Crippen LogP contribution in [0.4, 0.5) is 13.2 Å². The summed E-state index contributed by atoms with van der Waals surface area (Å²) in [5, 5.41) is 0. The molecule has 3 aromatic rings. The third-order valence-corrected chi connectivity index (χ3v) is 6.48. The Morgan fingerprint density at radius 3 is 2.70 bits per heavy atom. The highest BCUT2D eigenvalue weighted by molar-refractivity contribution is 6.16. The van der Waals surface area contributed by atoms with Gasteiger partial charge >= 0.3 is 6.18 Å². The number of nitrogens with zero attached hydrogens (tertiary/aromatic N) is 5. The van der Waals surface area contributed by atoms with Gasteiger partial charge in [0.2, 0.25) is 5.88 Å². The van der Waals surface area contributed by atoms with Crippen molar-refractivity contribution in [3.05, 3.63) is 89.2 Å². The Balaban J connectivity index is 1.45. The first-order valence-electron chi connectivity index (χ1n) is 12.1. The first kappa shape index (κ1) is 24.7. The number of fused-ring (bicyclic) bond motifs is 1. The molecule has 9 heteroatoms. The highest BCUT2D eigenvalue weighted by atomic mass is 19.4. The number of ether oxygens (including phenoxy) is 1. The van der Waals surface area contributed by atoms with E-state index in [2.05, 4.69) is 21.0 Å². The van der Waals surface area contributed by atoms with Crippen molar-refractivity contribution in [1.29, 1.82) is 0 Å². The van der Waals surface area contributed by atoms with Crippen LogP contribution in [0.1, 0.15) is 47.7 Å². The molecule has 1 aliphatic heterocycles. The van der Waals surface area contributed by atoms with Crippen LogP contribution in [0.2, 0.25) is 0 Å². The molecule has 1 aromatic carbocycles. The maximum absolute atomic E-state index is 13.8. The lowest BCUT2D eigenvalue weighted by Gasteiger charge is -2.24. The maximum atomic E-state index is 13.8. The van der Waals surface area contributed by atoms with Crippen LogP contribution >= 0.6 is 0 Å². The molecule has 1 aliphatic carbocycles. The molecule has 0 amide bonds. The number of benzene rings is 1. The third kappa shape index (κ3) is 5.26. The van der Waals surface area contributed by atoms with Gasteiger partial charge in [-0.15, -0.1) is 0 Å². The van der Waals surface area contributed by atoms with Crippen molar-refractivity contribution in [3.8, 4) is 11.6 Å². The first-order chi connectivity index (χ1) is 17.8. The van der Waals surface area contributed by atoms with E-state index in [1.165, 1.54) is 6.07 Å². The van der Waals surface area contributed by atoms with Crippen molar-refractivity contribution >= 4 is 17.6 Å². The van der Waals surface area contributed by atoms with Gasteiger partial charge in [0, 0.05) is 12.1 Å². The summed E-state index contributed by atoms with van der Waals surface area (Å²) < 4.78 is 48.7. The summed E-state index contributed by atoms with van der Waals surface area (Å²) in [6, 6.07) is 9.54. The minimum atomic E-state index is -4.43. The Bertz CT molecular complexity index is 1430. The summed E-state index contributed by atoms with van der Waals surface area (Å²) in [6.07, 6.45) is 6.91. The van der Waals surface area contributed by atoms with E-state index in [1.807, 2.05) is 29.8 Å². The number of imidazole rings is 1. The SMILES string of the molecule is COc1nc(/C=C/C2=NCC3=CCCC[C@@H](c4ccccc4C(F)(F)F)C3=N2)ccc1-n1cnc(C)c1. The molecule has 5 rings (SSSR count). The predicted molar refractivity (Wildman–Crippen MR) is 138 cm³/mol. The van der Waals surface area contributed by atoms with Gasteiger partial charge in [-0.25, -0.2) is 15.0 Å². The molecule has 6 nitrogen and oxygen atoms in total. The van der Waals surface area contributed by atoms with E-state index < -0.39 is 17.7 Å². The fourth-order valence-electron chi connectivity index (χ4n) is 4.74. The van der Waals surface area contributed by atoms with Gasteiger partial charge < -0.3 is 9.30 Å². The molecule has 190 valence electrons. The van der Waals surface area contributed by atoms with E-state index in [9.17, 15) is 13.2 Å². The van der Waals surface area contributed by atoms with E-state index in [4.69, 9.17) is 9.73 Å². The Kier molecular flexibility index (Phi) is 6.78. The number of hydrogen-bond donors (Lipinski definition) is 0. The summed E-state index contributed by atoms with van der Waals surface area (Å²) in [5.74, 6) is 0.453. The van der Waals surface area contributed by atoms with Crippen molar-refractivity contribution in [2.24, 2.45) is 9.98 Å². The summed E-state index contributed by atoms with van der Waals surface area (Å²) in [6.45, 7) is 2.29. The predicted octanol–water partition coefficient (Wildman–Crippen LogP) is 6.36. The van der Waals surface area contributed by atoms with Crippen molar-refractivity contribution < 1.29 is 17.9 Å². The van der Waals surface area contributed by atoms with Crippen LogP contribution in [0, 0.1) is 6.92 Å². The summed E-state index contributed by atoms with van der Waals surface area (Å²) in [7, 11) is 1.55. The van der Waals surface area contributed by atoms with Crippen LogP contribution in [0.25, 0.3) is 11.8 Å². The number of aromatic nitrogens is 3. The normalized spacial score (nSPS) is 18.1. The molecule has 37 heavy (non-hydrogen) atoms. The second-order valence-electron chi connectivity index (χ2n) is 8.99. The maximum Gasteiger partial charge on any atom is 0.416 e. The van der Waals surface area contributed by atoms with Gasteiger partial charge in [-0.05, 0) is 67.7 Å². The lowest BCUT2D eigenvalue weighted by atomic mass is 9.84. The average Bonchev–Trinajstić information content (AvgIpc) is 3.21. The van der Waals surface area contributed by atoms with E-state index in [0.29, 0.717) is 36.1 Å². The number of aliphatic imine (C=N–C) groups is 2. The Hall–Kier alpha value is -4.01. The highest BCUT2D eigenvalue weighted by Gasteiger charge is 2.37. The van der Waals surface area contributed by atoms with Crippen LogP contribution in [-0.2, 0) is 6.18 Å². The quantitative estimate of drug-likeness (QED) is 0.405.